The number of nitrogens with one attached hydrogen (secondary N) is 1. The van der Waals surface area contributed by atoms with Gasteiger partial charge in [-0.05, 0) is 38.5 Å². The van der Waals surface area contributed by atoms with Gasteiger partial charge in [0.2, 0.25) is 0 Å². The van der Waals surface area contributed by atoms with Crippen molar-refractivity contribution in [2.45, 2.75) is 57.2 Å². The van der Waals surface area contributed by atoms with Crippen molar-refractivity contribution in [3.63, 3.8) is 0 Å². The molecule has 2 fully saturated rings. The molecule has 0 radical (unpaired) electrons. The average Bonchev–Trinajstić information content (AvgIpc) is 3.16. The minimum Gasteiger partial charge on any atom is -0.481 e. The number of carboxylic acids is 2. The molecule has 0 aromatic carbocycles. The maximum absolute atomic E-state index is 10.2. The third kappa shape index (κ3) is 6.56. The summed E-state index contributed by atoms with van der Waals surface area (Å²) in [6.07, 6.45) is 4.33. The Kier molecular flexibility index (Phi) is 5.55. The van der Waals surface area contributed by atoms with Crippen molar-refractivity contribution in [1.82, 2.24) is 5.32 Å². The smallest absolute Gasteiger partial charge is 0.320 e. The molecule has 0 amide bonds. The van der Waals surface area contributed by atoms with E-state index in [1.807, 2.05) is 0 Å². The summed E-state index contributed by atoms with van der Waals surface area (Å²) in [5, 5.41) is 19.6. The summed E-state index contributed by atoms with van der Waals surface area (Å²) in [7, 11) is 0. The molecule has 0 aromatic rings. The Morgan fingerprint density at radius 2 is 1.94 bits per heavy atom. The van der Waals surface area contributed by atoms with Crippen LogP contribution in [0.5, 0.6) is 0 Å². The van der Waals surface area contributed by atoms with Gasteiger partial charge in [-0.15, -0.1) is 0 Å². The fourth-order valence-corrected chi connectivity index (χ4v) is 1.59. The van der Waals surface area contributed by atoms with Crippen LogP contribution in [0.1, 0.15) is 39.0 Å². The molecule has 2 aliphatic rings. The second-order valence-electron chi connectivity index (χ2n) is 5.09. The van der Waals surface area contributed by atoms with E-state index in [-0.39, 0.29) is 12.5 Å². The zero-order valence-corrected chi connectivity index (χ0v) is 10.6. The van der Waals surface area contributed by atoms with Crippen LogP contribution in [0.2, 0.25) is 0 Å². The Labute approximate surface area is 107 Å². The van der Waals surface area contributed by atoms with Gasteiger partial charge in [0.1, 0.15) is 6.04 Å². The molecule has 18 heavy (non-hydrogen) atoms. The SMILES string of the molecule is C[C@H](NC1CC1)C(=O)O.NC1CC1CCC(=O)O. The molecule has 5 N–H and O–H groups in total. The van der Waals surface area contributed by atoms with Crippen LogP contribution in [0.4, 0.5) is 0 Å². The van der Waals surface area contributed by atoms with Crippen LogP contribution in [0.3, 0.4) is 0 Å². The summed E-state index contributed by atoms with van der Waals surface area (Å²) in [6.45, 7) is 1.67. The van der Waals surface area contributed by atoms with Crippen LogP contribution in [0, 0.1) is 5.92 Å². The van der Waals surface area contributed by atoms with E-state index in [0.29, 0.717) is 18.0 Å². The lowest BCUT2D eigenvalue weighted by Crippen LogP contribution is -2.35. The fourth-order valence-electron chi connectivity index (χ4n) is 1.59. The van der Waals surface area contributed by atoms with Crippen molar-refractivity contribution in [1.29, 1.82) is 0 Å². The molecule has 0 bridgehead atoms. The average molecular weight is 258 g/mol. The molecule has 104 valence electrons. The monoisotopic (exact) mass is 258 g/mol. The maximum Gasteiger partial charge on any atom is 0.320 e. The van der Waals surface area contributed by atoms with E-state index >= 15 is 0 Å². The molecule has 6 nitrogen and oxygen atoms in total. The number of hydrogen-bond donors (Lipinski definition) is 4. The van der Waals surface area contributed by atoms with Gasteiger partial charge >= 0.3 is 11.9 Å². The molecule has 0 heterocycles. The van der Waals surface area contributed by atoms with E-state index < -0.39 is 11.9 Å². The normalized spacial score (nSPS) is 26.8. The predicted molar refractivity (Wildman–Crippen MR) is 66.2 cm³/mol. The predicted octanol–water partition coefficient (Wildman–Crippen LogP) is 0.410. The minimum absolute atomic E-state index is 0.276. The molecule has 2 unspecified atom stereocenters. The van der Waals surface area contributed by atoms with Gasteiger partial charge in [-0.1, -0.05) is 0 Å². The van der Waals surface area contributed by atoms with Crippen LogP contribution in [-0.4, -0.2) is 40.3 Å². The minimum atomic E-state index is -0.762. The van der Waals surface area contributed by atoms with E-state index in [1.54, 1.807) is 6.92 Å². The van der Waals surface area contributed by atoms with E-state index in [2.05, 4.69) is 5.32 Å². The van der Waals surface area contributed by atoms with Gasteiger partial charge in [-0.25, -0.2) is 0 Å². The molecular weight excluding hydrogens is 236 g/mol. The first-order chi connectivity index (χ1) is 8.40. The Morgan fingerprint density at radius 1 is 1.39 bits per heavy atom. The first-order valence-electron chi connectivity index (χ1n) is 6.36. The molecule has 0 spiro atoms. The number of rotatable bonds is 6. The Bertz CT molecular complexity index is 304. The second kappa shape index (κ2) is 6.70. The Hall–Kier alpha value is -1.14. The van der Waals surface area contributed by atoms with E-state index in [0.717, 1.165) is 25.7 Å². The molecule has 2 rings (SSSR count). The van der Waals surface area contributed by atoms with Crippen LogP contribution in [-0.2, 0) is 9.59 Å². The first kappa shape index (κ1) is 14.9. The number of hydrogen-bond acceptors (Lipinski definition) is 4. The van der Waals surface area contributed by atoms with Crippen molar-refractivity contribution in [2.75, 3.05) is 0 Å². The van der Waals surface area contributed by atoms with Crippen LogP contribution in [0.25, 0.3) is 0 Å². The third-order valence-corrected chi connectivity index (χ3v) is 3.14. The zero-order chi connectivity index (χ0) is 13.7. The number of carbonyl (C=O) groups is 2. The summed E-state index contributed by atoms with van der Waals surface area (Å²) >= 11 is 0. The molecule has 0 saturated heterocycles. The van der Waals surface area contributed by atoms with Crippen molar-refractivity contribution < 1.29 is 19.8 Å². The molecule has 3 atom stereocenters. The topological polar surface area (TPSA) is 113 Å². The van der Waals surface area contributed by atoms with E-state index in [1.165, 1.54) is 0 Å². The van der Waals surface area contributed by atoms with E-state index in [4.69, 9.17) is 15.9 Å². The largest absolute Gasteiger partial charge is 0.481 e. The lowest BCUT2D eigenvalue weighted by atomic mass is 10.2. The van der Waals surface area contributed by atoms with Gasteiger partial charge < -0.3 is 21.3 Å². The van der Waals surface area contributed by atoms with Gasteiger partial charge in [0.15, 0.2) is 0 Å². The lowest BCUT2D eigenvalue weighted by Gasteiger charge is -2.05. The molecule has 2 saturated carbocycles. The summed E-state index contributed by atoms with van der Waals surface area (Å²) in [5.41, 5.74) is 5.46. The molecular formula is C12H22N2O4. The Balaban J connectivity index is 0.000000180. The highest BCUT2D eigenvalue weighted by atomic mass is 16.4. The highest BCUT2D eigenvalue weighted by Gasteiger charge is 2.32. The summed E-state index contributed by atoms with van der Waals surface area (Å²) in [4.78, 5) is 20.2. The van der Waals surface area contributed by atoms with Crippen LogP contribution < -0.4 is 11.1 Å². The van der Waals surface area contributed by atoms with Gasteiger partial charge in [0, 0.05) is 18.5 Å². The van der Waals surface area contributed by atoms with Crippen molar-refractivity contribution in [3.8, 4) is 0 Å². The third-order valence-electron chi connectivity index (χ3n) is 3.14. The number of nitrogens with two attached hydrogens (primary N) is 1. The molecule has 6 heteroatoms. The van der Waals surface area contributed by atoms with Gasteiger partial charge in [-0.2, -0.15) is 0 Å². The van der Waals surface area contributed by atoms with Crippen molar-refractivity contribution >= 4 is 11.9 Å². The highest BCUT2D eigenvalue weighted by Crippen LogP contribution is 2.32. The first-order valence-corrected chi connectivity index (χ1v) is 6.36. The molecule has 0 aromatic heterocycles. The van der Waals surface area contributed by atoms with Gasteiger partial charge in [-0.3, -0.25) is 9.59 Å². The standard InChI is InChI=1S/2C6H11NO2/c1-4(6(8)9)7-5-2-3-5;7-5-3-4(5)1-2-6(8)9/h4-5,7H,2-3H2,1H3,(H,8,9);4-5H,1-3,7H2,(H,8,9)/t4-;/m0./s1. The van der Waals surface area contributed by atoms with E-state index in [9.17, 15) is 9.59 Å². The Morgan fingerprint density at radius 3 is 2.28 bits per heavy atom. The summed E-state index contributed by atoms with van der Waals surface area (Å²) in [6, 6.07) is 0.401. The molecule has 2 aliphatic carbocycles. The zero-order valence-electron chi connectivity index (χ0n) is 10.6. The van der Waals surface area contributed by atoms with Gasteiger partial charge in [0.25, 0.3) is 0 Å². The summed E-state index contributed by atoms with van der Waals surface area (Å²) < 4.78 is 0. The van der Waals surface area contributed by atoms with Crippen LogP contribution in [0.15, 0.2) is 0 Å². The van der Waals surface area contributed by atoms with Crippen molar-refractivity contribution in [2.24, 2.45) is 11.7 Å². The fraction of sp³-hybridized carbons (Fsp3) is 0.833. The molecule has 0 aliphatic heterocycles. The second-order valence-corrected chi connectivity index (χ2v) is 5.09. The van der Waals surface area contributed by atoms with Crippen molar-refractivity contribution in [3.05, 3.63) is 0 Å². The number of aliphatic carboxylic acids is 2. The summed E-state index contributed by atoms with van der Waals surface area (Å²) in [5.74, 6) is -0.975. The van der Waals surface area contributed by atoms with Gasteiger partial charge in [0.05, 0.1) is 0 Å². The number of carboxylic acid groups (broad SMARTS) is 2. The maximum atomic E-state index is 10.2. The highest BCUT2D eigenvalue weighted by molar-refractivity contribution is 5.72. The lowest BCUT2D eigenvalue weighted by molar-refractivity contribution is -0.139. The van der Waals surface area contributed by atoms with Crippen LogP contribution >= 0.6 is 0 Å². The quantitative estimate of drug-likeness (QED) is 0.549.